The van der Waals surface area contributed by atoms with Crippen molar-refractivity contribution in [3.05, 3.63) is 5.21 Å². The third kappa shape index (κ3) is 9.69. The van der Waals surface area contributed by atoms with E-state index in [1.165, 1.54) is 6.92 Å². The van der Waals surface area contributed by atoms with Gasteiger partial charge in [-0.25, -0.2) is 4.79 Å². The molecule has 0 aromatic rings. The molecule has 0 radical (unpaired) electrons. The van der Waals surface area contributed by atoms with Gasteiger partial charge in [-0.05, 0) is 6.92 Å². The zero-order valence-electron chi connectivity index (χ0n) is 11.2. The molecule has 0 spiro atoms. The molecule has 1 unspecified atom stereocenters. The van der Waals surface area contributed by atoms with Crippen molar-refractivity contribution in [2.45, 2.75) is 26.3 Å². The van der Waals surface area contributed by atoms with Crippen LogP contribution in [0.15, 0.2) is 0 Å². The zero-order valence-corrected chi connectivity index (χ0v) is 12.0. The van der Waals surface area contributed by atoms with Gasteiger partial charge in [0.1, 0.15) is 12.6 Å². The normalized spacial score (nSPS) is 13.4. The van der Waals surface area contributed by atoms with Crippen molar-refractivity contribution in [2.24, 2.45) is 0 Å². The second-order valence-electron chi connectivity index (χ2n) is 3.55. The molecule has 2 atom stereocenters. The third-order valence-corrected chi connectivity index (χ3v) is 2.92. The van der Waals surface area contributed by atoms with Crippen molar-refractivity contribution in [2.75, 3.05) is 19.0 Å². The summed E-state index contributed by atoms with van der Waals surface area (Å²) in [5.41, 5.74) is 0. The minimum atomic E-state index is -1.45. The van der Waals surface area contributed by atoms with Crippen LogP contribution in [0.3, 0.4) is 0 Å². The van der Waals surface area contributed by atoms with Crippen molar-refractivity contribution in [3.8, 4) is 0 Å². The molecular weight excluding hydrogens is 292 g/mol. The highest BCUT2D eigenvalue weighted by molar-refractivity contribution is 8.13. The van der Waals surface area contributed by atoms with Gasteiger partial charge in [-0.15, -0.1) is 0 Å². The summed E-state index contributed by atoms with van der Waals surface area (Å²) in [6.45, 7) is 2.80. The third-order valence-electron chi connectivity index (χ3n) is 1.89. The first-order chi connectivity index (χ1) is 9.36. The van der Waals surface area contributed by atoms with E-state index < -0.39 is 23.3 Å². The van der Waals surface area contributed by atoms with E-state index in [9.17, 15) is 19.6 Å². The number of ether oxygens (including phenoxy) is 1. The van der Waals surface area contributed by atoms with Crippen LogP contribution in [0.2, 0.25) is 0 Å². The van der Waals surface area contributed by atoms with E-state index in [2.05, 4.69) is 10.2 Å². The van der Waals surface area contributed by atoms with Crippen molar-refractivity contribution in [3.63, 3.8) is 0 Å². The van der Waals surface area contributed by atoms with E-state index in [1.54, 1.807) is 6.92 Å². The molecule has 0 rings (SSSR count). The second-order valence-corrected chi connectivity index (χ2v) is 4.63. The van der Waals surface area contributed by atoms with Crippen LogP contribution in [0.5, 0.6) is 0 Å². The highest BCUT2D eigenvalue weighted by Gasteiger charge is 2.22. The molecule has 0 heterocycles. The van der Waals surface area contributed by atoms with Crippen LogP contribution in [0.4, 0.5) is 0 Å². The molecule has 0 saturated carbocycles. The summed E-state index contributed by atoms with van der Waals surface area (Å²) in [7, 11) is 0. The van der Waals surface area contributed by atoms with Gasteiger partial charge in [0, 0.05) is 19.1 Å². The summed E-state index contributed by atoms with van der Waals surface area (Å²) in [5.74, 6) is -1.01. The Hall–Kier alpha value is -1.20. The smallest absolute Gasteiger partial charge is 0.329 e. The molecule has 116 valence electrons. The number of quaternary nitrogens is 1. The van der Waals surface area contributed by atoms with E-state index in [4.69, 9.17) is 9.94 Å². The van der Waals surface area contributed by atoms with Gasteiger partial charge in [-0.1, -0.05) is 17.2 Å². The molecule has 0 bridgehead atoms. The minimum Gasteiger partial charge on any atom is -0.566 e. The van der Waals surface area contributed by atoms with Gasteiger partial charge in [0.05, 0.1) is 6.61 Å². The van der Waals surface area contributed by atoms with Gasteiger partial charge in [-0.2, -0.15) is 10.0 Å². The van der Waals surface area contributed by atoms with Crippen molar-refractivity contribution in [1.29, 1.82) is 0 Å². The second kappa shape index (κ2) is 10.6. The molecule has 0 aromatic heterocycles. The lowest BCUT2D eigenvalue weighted by atomic mass is 10.3. The van der Waals surface area contributed by atoms with Crippen molar-refractivity contribution >= 4 is 28.8 Å². The predicted molar refractivity (Wildman–Crippen MR) is 68.4 cm³/mol. The molecule has 1 amide bonds. The lowest BCUT2D eigenvalue weighted by Gasteiger charge is -2.15. The Morgan fingerprint density at radius 3 is 2.60 bits per heavy atom. The summed E-state index contributed by atoms with van der Waals surface area (Å²) in [6, 6.07) is -0.915. The first-order valence-electron chi connectivity index (χ1n) is 5.81. The summed E-state index contributed by atoms with van der Waals surface area (Å²) < 4.78 is 4.77. The number of nitrogens with one attached hydrogen (secondary N) is 2. The summed E-state index contributed by atoms with van der Waals surface area (Å²) in [5, 5.41) is 18.9. The molecule has 0 fully saturated rings. The highest BCUT2D eigenvalue weighted by Crippen LogP contribution is 2.08. The Labute approximate surface area is 120 Å². The van der Waals surface area contributed by atoms with Gasteiger partial charge in [-0.3, -0.25) is 9.59 Å². The van der Waals surface area contributed by atoms with E-state index >= 15 is 0 Å². The number of thioether (sulfide) groups is 1. The molecular formula is C10H18N2O7S. The Kier molecular flexibility index (Phi) is 9.94. The van der Waals surface area contributed by atoms with E-state index in [-0.39, 0.29) is 30.5 Å². The fourth-order valence-corrected chi connectivity index (χ4v) is 1.93. The first kappa shape index (κ1) is 18.8. The van der Waals surface area contributed by atoms with Crippen LogP contribution < -0.4 is 10.7 Å². The van der Waals surface area contributed by atoms with Crippen molar-refractivity contribution in [1.82, 2.24) is 5.32 Å². The van der Waals surface area contributed by atoms with Crippen LogP contribution in [-0.2, 0) is 24.0 Å². The average molecular weight is 310 g/mol. The lowest BCUT2D eigenvalue weighted by molar-refractivity contribution is -1.21. The molecule has 0 aromatic carbocycles. The van der Waals surface area contributed by atoms with Crippen molar-refractivity contribution < 1.29 is 34.6 Å². The van der Waals surface area contributed by atoms with E-state index in [0.717, 1.165) is 11.8 Å². The van der Waals surface area contributed by atoms with Gasteiger partial charge in [0.15, 0.2) is 5.12 Å². The summed E-state index contributed by atoms with van der Waals surface area (Å²) in [4.78, 5) is 38.1. The molecule has 0 saturated heterocycles. The maximum absolute atomic E-state index is 11.5. The minimum absolute atomic E-state index is 0.0182. The molecule has 9 nitrogen and oxygen atoms in total. The van der Waals surface area contributed by atoms with Crippen LogP contribution in [-0.4, -0.2) is 47.2 Å². The topological polar surface area (TPSA) is 129 Å². The quantitative estimate of drug-likeness (QED) is 0.343. The number of rotatable bonds is 9. The zero-order chi connectivity index (χ0) is 15.5. The van der Waals surface area contributed by atoms with Crippen LogP contribution in [0, 0.1) is 5.21 Å². The van der Waals surface area contributed by atoms with Gasteiger partial charge in [0.25, 0.3) is 0 Å². The maximum atomic E-state index is 11.5. The first-order valence-corrected chi connectivity index (χ1v) is 6.80. The Morgan fingerprint density at radius 1 is 1.45 bits per heavy atom. The highest BCUT2D eigenvalue weighted by atomic mass is 32.2. The molecule has 0 aliphatic carbocycles. The fourth-order valence-electron chi connectivity index (χ4n) is 1.13. The number of amides is 1. The average Bonchev–Trinajstić information content (AvgIpc) is 2.33. The van der Waals surface area contributed by atoms with Gasteiger partial charge < -0.3 is 15.3 Å². The molecule has 20 heavy (non-hydrogen) atoms. The number of esters is 1. The molecule has 10 heteroatoms. The standard InChI is InChI=1S/C10H18N2O7S/c1-3-18-10(15)8(11-7(2)13)6-20-9(14)4-5-19-12(16)17/h8,12,16H,3-6H2,1-2H3,(H,11,13)/t8-/m0/s1. The monoisotopic (exact) mass is 310 g/mol. The fraction of sp³-hybridized carbons (Fsp3) is 0.700. The SMILES string of the molecule is CCOC(=O)[C@H](CSC(=O)CCO[NH+]([O-])O)NC(C)=O. The van der Waals surface area contributed by atoms with Gasteiger partial charge in [0.2, 0.25) is 5.91 Å². The summed E-state index contributed by atoms with van der Waals surface area (Å²) in [6.07, 6.45) is -0.105. The Bertz CT molecular complexity index is 338. The summed E-state index contributed by atoms with van der Waals surface area (Å²) >= 11 is 0.805. The number of carbonyl (C=O) groups is 3. The Morgan fingerprint density at radius 2 is 2.10 bits per heavy atom. The molecule has 0 aliphatic heterocycles. The largest absolute Gasteiger partial charge is 0.566 e. The van der Waals surface area contributed by atoms with Crippen LogP contribution in [0.25, 0.3) is 0 Å². The molecule has 0 aliphatic rings. The van der Waals surface area contributed by atoms with E-state index in [0.29, 0.717) is 0 Å². The number of hydrogen-bond acceptors (Lipinski definition) is 8. The Balaban J connectivity index is 4.14. The predicted octanol–water partition coefficient (Wildman–Crippen LogP) is -1.59. The molecule has 3 N–H and O–H groups in total. The van der Waals surface area contributed by atoms with Gasteiger partial charge >= 0.3 is 5.97 Å². The maximum Gasteiger partial charge on any atom is 0.329 e. The lowest BCUT2D eigenvalue weighted by Crippen LogP contribution is -3.03. The number of carbonyl (C=O) groups excluding carboxylic acids is 3. The van der Waals surface area contributed by atoms with Crippen LogP contribution >= 0.6 is 11.8 Å². The van der Waals surface area contributed by atoms with Crippen LogP contribution in [0.1, 0.15) is 20.3 Å². The van der Waals surface area contributed by atoms with E-state index in [1.807, 2.05) is 0 Å². The number of hydrogen-bond donors (Lipinski definition) is 3.